The van der Waals surface area contributed by atoms with Crippen LogP contribution in [-0.4, -0.2) is 12.0 Å². The zero-order valence-corrected chi connectivity index (χ0v) is 11.8. The molecule has 0 radical (unpaired) electrons. The molecule has 5 heteroatoms. The van der Waals surface area contributed by atoms with Crippen LogP contribution >= 0.6 is 0 Å². The van der Waals surface area contributed by atoms with Gasteiger partial charge in [-0.05, 0) is 19.3 Å². The van der Waals surface area contributed by atoms with Gasteiger partial charge in [-0.15, -0.1) is 0 Å². The van der Waals surface area contributed by atoms with Gasteiger partial charge < -0.3 is 16.8 Å². The molecule has 0 saturated heterocycles. The third kappa shape index (κ3) is 5.39. The molecule has 0 aromatic rings. The van der Waals surface area contributed by atoms with Gasteiger partial charge in [0.25, 0.3) is 0 Å². The van der Waals surface area contributed by atoms with E-state index < -0.39 is 0 Å². The molecule has 5 nitrogen and oxygen atoms in total. The largest absolute Gasteiger partial charge is 0.381 e. The van der Waals surface area contributed by atoms with E-state index in [-0.39, 0.29) is 17.4 Å². The molecule has 0 aliphatic carbocycles. The van der Waals surface area contributed by atoms with E-state index in [1.165, 1.54) is 6.20 Å². The molecule has 0 aromatic carbocycles. The Morgan fingerprint density at radius 3 is 2.28 bits per heavy atom. The standard InChI is InChI=1S/C13H23N5/c1-6-11(18-9(2)13(3,4)5)10(7-14)8-17-12(15)16/h6,8-9,18H,1-5H3,(H4,15,16,17)/b10-8-,11-6+. The second-order valence-corrected chi connectivity index (χ2v) is 5.14. The van der Waals surface area contributed by atoms with Gasteiger partial charge in [0.1, 0.15) is 6.07 Å². The maximum Gasteiger partial charge on any atom is 0.190 e. The summed E-state index contributed by atoms with van der Waals surface area (Å²) in [5.41, 5.74) is 11.7. The predicted octanol–water partition coefficient (Wildman–Crippen LogP) is 1.60. The van der Waals surface area contributed by atoms with Crippen LogP contribution < -0.4 is 16.8 Å². The van der Waals surface area contributed by atoms with Crippen LogP contribution in [0.2, 0.25) is 0 Å². The van der Waals surface area contributed by atoms with Gasteiger partial charge in [0.15, 0.2) is 5.96 Å². The number of hydrogen-bond donors (Lipinski definition) is 3. The summed E-state index contributed by atoms with van der Waals surface area (Å²) in [6.45, 7) is 10.3. The number of nitrogens with one attached hydrogen (secondary N) is 1. The quantitative estimate of drug-likeness (QED) is 0.305. The van der Waals surface area contributed by atoms with Crippen molar-refractivity contribution in [1.29, 1.82) is 5.26 Å². The molecule has 5 N–H and O–H groups in total. The number of rotatable bonds is 4. The molecule has 1 unspecified atom stereocenters. The van der Waals surface area contributed by atoms with E-state index in [9.17, 15) is 0 Å². The Bertz CT molecular complexity index is 400. The summed E-state index contributed by atoms with van der Waals surface area (Å²) in [5.74, 6) is -0.0675. The van der Waals surface area contributed by atoms with Crippen molar-refractivity contribution in [3.8, 4) is 6.07 Å². The molecule has 0 heterocycles. The smallest absolute Gasteiger partial charge is 0.190 e. The molecule has 0 fully saturated rings. The van der Waals surface area contributed by atoms with Crippen molar-refractivity contribution >= 4 is 5.96 Å². The van der Waals surface area contributed by atoms with E-state index in [2.05, 4.69) is 44.1 Å². The fraction of sp³-hybridized carbons (Fsp3) is 0.538. The third-order valence-electron chi connectivity index (χ3n) is 2.71. The van der Waals surface area contributed by atoms with Crippen molar-refractivity contribution in [2.45, 2.75) is 40.7 Å². The lowest BCUT2D eigenvalue weighted by Gasteiger charge is -2.29. The SMILES string of the molecule is C/C=C(NC(C)C(C)(C)C)\C(C#N)=C/N=C(N)N. The van der Waals surface area contributed by atoms with E-state index in [4.69, 9.17) is 16.7 Å². The highest BCUT2D eigenvalue weighted by molar-refractivity contribution is 5.76. The van der Waals surface area contributed by atoms with Crippen LogP contribution in [0.4, 0.5) is 0 Å². The minimum absolute atomic E-state index is 0.0675. The van der Waals surface area contributed by atoms with Crippen LogP contribution in [0.1, 0.15) is 34.6 Å². The summed E-state index contributed by atoms with van der Waals surface area (Å²) in [7, 11) is 0. The summed E-state index contributed by atoms with van der Waals surface area (Å²) in [6, 6.07) is 2.29. The Hall–Kier alpha value is -1.96. The van der Waals surface area contributed by atoms with E-state index in [0.29, 0.717) is 5.57 Å². The normalized spacial score (nSPS) is 14.7. The molecule has 0 rings (SSSR count). The van der Waals surface area contributed by atoms with Gasteiger partial charge >= 0.3 is 0 Å². The molecule has 18 heavy (non-hydrogen) atoms. The molecule has 100 valence electrons. The van der Waals surface area contributed by atoms with Crippen LogP contribution in [0, 0.1) is 16.7 Å². The molecule has 0 saturated carbocycles. The van der Waals surface area contributed by atoms with Crippen LogP contribution in [0.15, 0.2) is 28.5 Å². The second kappa shape index (κ2) is 6.70. The molecule has 0 spiro atoms. The number of nitriles is 1. The third-order valence-corrected chi connectivity index (χ3v) is 2.71. The van der Waals surface area contributed by atoms with Crippen molar-refractivity contribution in [2.24, 2.45) is 21.9 Å². The maximum absolute atomic E-state index is 9.11. The molecule has 0 aliphatic rings. The van der Waals surface area contributed by atoms with Gasteiger partial charge in [-0.25, -0.2) is 4.99 Å². The highest BCUT2D eigenvalue weighted by Gasteiger charge is 2.21. The highest BCUT2D eigenvalue weighted by Crippen LogP contribution is 2.21. The number of aliphatic imine (C=N–C) groups is 1. The fourth-order valence-electron chi connectivity index (χ4n) is 1.06. The Kier molecular flexibility index (Phi) is 5.97. The van der Waals surface area contributed by atoms with E-state index in [1.54, 1.807) is 0 Å². The molecule has 0 bridgehead atoms. The van der Waals surface area contributed by atoms with Gasteiger partial charge in [0.05, 0.1) is 11.8 Å². The van der Waals surface area contributed by atoms with Crippen molar-refractivity contribution < 1.29 is 0 Å². The first-order chi connectivity index (χ1) is 8.22. The van der Waals surface area contributed by atoms with Crippen molar-refractivity contribution in [1.82, 2.24) is 5.32 Å². The summed E-state index contributed by atoms with van der Waals surface area (Å²) < 4.78 is 0. The zero-order valence-electron chi connectivity index (χ0n) is 11.8. The average Bonchev–Trinajstić information content (AvgIpc) is 2.26. The van der Waals surface area contributed by atoms with Gasteiger partial charge in [-0.1, -0.05) is 26.8 Å². The summed E-state index contributed by atoms with van der Waals surface area (Å²) >= 11 is 0. The Labute approximate surface area is 109 Å². The monoisotopic (exact) mass is 249 g/mol. The minimum atomic E-state index is -0.0675. The number of guanidine groups is 1. The molecule has 1 atom stereocenters. The summed E-state index contributed by atoms with van der Waals surface area (Å²) in [5, 5.41) is 12.4. The lowest BCUT2D eigenvalue weighted by atomic mass is 9.87. The lowest BCUT2D eigenvalue weighted by Crippen LogP contribution is -2.37. The fourth-order valence-corrected chi connectivity index (χ4v) is 1.06. The first kappa shape index (κ1) is 16.0. The first-order valence-electron chi connectivity index (χ1n) is 5.84. The van der Waals surface area contributed by atoms with E-state index in [1.807, 2.05) is 13.0 Å². The molecular weight excluding hydrogens is 226 g/mol. The minimum Gasteiger partial charge on any atom is -0.381 e. The van der Waals surface area contributed by atoms with Crippen LogP contribution in [-0.2, 0) is 0 Å². The lowest BCUT2D eigenvalue weighted by molar-refractivity contribution is 0.304. The zero-order chi connectivity index (χ0) is 14.3. The second-order valence-electron chi connectivity index (χ2n) is 5.14. The number of hydrogen-bond acceptors (Lipinski definition) is 3. The Morgan fingerprint density at radius 2 is 1.94 bits per heavy atom. The topological polar surface area (TPSA) is 100 Å². The van der Waals surface area contributed by atoms with E-state index in [0.717, 1.165) is 5.70 Å². The number of nitrogens with two attached hydrogens (primary N) is 2. The molecule has 0 aliphatic heterocycles. The summed E-state index contributed by atoms with van der Waals surface area (Å²) in [4.78, 5) is 3.74. The van der Waals surface area contributed by atoms with Gasteiger partial charge in [-0.3, -0.25) is 0 Å². The molecular formula is C13H23N5. The number of allylic oxidation sites excluding steroid dienone is 2. The molecule has 0 amide bonds. The van der Waals surface area contributed by atoms with Gasteiger partial charge in [0, 0.05) is 11.7 Å². The highest BCUT2D eigenvalue weighted by atomic mass is 15.0. The van der Waals surface area contributed by atoms with Crippen LogP contribution in [0.5, 0.6) is 0 Å². The Balaban J connectivity index is 5.06. The molecule has 0 aromatic heterocycles. The van der Waals surface area contributed by atoms with Gasteiger partial charge in [0.2, 0.25) is 0 Å². The van der Waals surface area contributed by atoms with Crippen LogP contribution in [0.3, 0.4) is 0 Å². The van der Waals surface area contributed by atoms with Crippen molar-refractivity contribution in [3.05, 3.63) is 23.5 Å². The van der Waals surface area contributed by atoms with E-state index >= 15 is 0 Å². The van der Waals surface area contributed by atoms with Gasteiger partial charge in [-0.2, -0.15) is 5.26 Å². The van der Waals surface area contributed by atoms with Crippen molar-refractivity contribution in [3.63, 3.8) is 0 Å². The number of nitrogens with zero attached hydrogens (tertiary/aromatic N) is 2. The summed E-state index contributed by atoms with van der Waals surface area (Å²) in [6.07, 6.45) is 3.20. The maximum atomic E-state index is 9.11. The average molecular weight is 249 g/mol. The van der Waals surface area contributed by atoms with Crippen LogP contribution in [0.25, 0.3) is 0 Å². The Morgan fingerprint density at radius 1 is 1.39 bits per heavy atom. The predicted molar refractivity (Wildman–Crippen MR) is 75.3 cm³/mol. The first-order valence-corrected chi connectivity index (χ1v) is 5.84. The van der Waals surface area contributed by atoms with Crippen molar-refractivity contribution in [2.75, 3.05) is 0 Å².